The van der Waals surface area contributed by atoms with Crippen LogP contribution in [0.1, 0.15) is 16.7 Å². The second-order valence-electron chi connectivity index (χ2n) is 6.61. The molecule has 2 aromatic carbocycles. The molecule has 2 heterocycles. The van der Waals surface area contributed by atoms with E-state index in [2.05, 4.69) is 0 Å². The fourth-order valence-electron chi connectivity index (χ4n) is 3.35. The summed E-state index contributed by atoms with van der Waals surface area (Å²) in [5, 5.41) is 1.20. The minimum absolute atomic E-state index is 0.0757. The van der Waals surface area contributed by atoms with Crippen molar-refractivity contribution in [3.05, 3.63) is 80.0 Å². The predicted molar refractivity (Wildman–Crippen MR) is 109 cm³/mol. The average Bonchev–Trinajstić information content (AvgIpc) is 2.67. The summed E-state index contributed by atoms with van der Waals surface area (Å²) in [7, 11) is 0. The van der Waals surface area contributed by atoms with E-state index in [1.165, 1.54) is 0 Å². The van der Waals surface area contributed by atoms with Crippen molar-refractivity contribution in [3.8, 4) is 0 Å². The molecule has 0 saturated carbocycles. The first-order valence-electron chi connectivity index (χ1n) is 8.84. The van der Waals surface area contributed by atoms with Gasteiger partial charge in [-0.05, 0) is 42.8 Å². The quantitative estimate of drug-likeness (QED) is 0.463. The van der Waals surface area contributed by atoms with Crippen molar-refractivity contribution in [1.29, 1.82) is 0 Å². The molecule has 0 fully saturated rings. The van der Waals surface area contributed by atoms with Gasteiger partial charge in [0.15, 0.2) is 0 Å². The van der Waals surface area contributed by atoms with Gasteiger partial charge in [-0.1, -0.05) is 18.2 Å². The molecule has 28 heavy (non-hydrogen) atoms. The Morgan fingerprint density at radius 3 is 2.07 bits per heavy atom. The molecule has 0 unspecified atom stereocenters. The van der Waals surface area contributed by atoms with Crippen LogP contribution in [0, 0.1) is 0 Å². The largest absolute Gasteiger partial charge is 0.422 e. The van der Waals surface area contributed by atoms with Crippen LogP contribution in [0.5, 0.6) is 0 Å². The molecule has 0 atom stereocenters. The average molecular weight is 377 g/mol. The van der Waals surface area contributed by atoms with E-state index in [9.17, 15) is 9.59 Å². The summed E-state index contributed by atoms with van der Waals surface area (Å²) in [5.74, 6) is 0. The lowest BCUT2D eigenvalue weighted by Gasteiger charge is -2.10. The number of hydrogen-bond donors (Lipinski definition) is 3. The molecule has 0 spiro atoms. The lowest BCUT2D eigenvalue weighted by molar-refractivity contribution is 0.544. The van der Waals surface area contributed by atoms with Crippen molar-refractivity contribution in [2.45, 2.75) is 12.8 Å². The highest BCUT2D eigenvalue weighted by molar-refractivity contribution is 5.92. The van der Waals surface area contributed by atoms with E-state index < -0.39 is 11.3 Å². The zero-order valence-electron chi connectivity index (χ0n) is 15.0. The molecule has 0 aliphatic heterocycles. The van der Waals surface area contributed by atoms with E-state index in [1.807, 2.05) is 6.07 Å². The van der Waals surface area contributed by atoms with Gasteiger partial charge < -0.3 is 26.0 Å². The fraction of sp³-hybridized carbons (Fsp3) is 0.143. The topological polar surface area (TPSA) is 138 Å². The third kappa shape index (κ3) is 2.91. The number of nitrogen functional groups attached to an aromatic ring is 2. The zero-order chi connectivity index (χ0) is 19.8. The number of rotatable bonds is 4. The molecule has 0 bridgehead atoms. The minimum Gasteiger partial charge on any atom is -0.422 e. The molecule has 7 heteroatoms. The number of fused-ring (bicyclic) bond motifs is 2. The SMILES string of the molecule is NCCc1ccc2c(N)c(Cc3c(N)c4ccccc4oc3=O)c(=O)oc2c1. The van der Waals surface area contributed by atoms with Gasteiger partial charge in [-0.15, -0.1) is 0 Å². The lowest BCUT2D eigenvalue weighted by atomic mass is 10.0. The molecular weight excluding hydrogens is 358 g/mol. The number of hydrogen-bond acceptors (Lipinski definition) is 7. The predicted octanol–water partition coefficient (Wildman–Crippen LogP) is 2.16. The molecule has 6 N–H and O–H groups in total. The second-order valence-corrected chi connectivity index (χ2v) is 6.61. The molecule has 4 rings (SSSR count). The molecule has 2 aromatic heterocycles. The normalized spacial score (nSPS) is 11.3. The Kier molecular flexibility index (Phi) is 4.37. The van der Waals surface area contributed by atoms with Crippen LogP contribution in [0.25, 0.3) is 21.9 Å². The smallest absolute Gasteiger partial charge is 0.341 e. The highest BCUT2D eigenvalue weighted by Gasteiger charge is 2.18. The standard InChI is InChI=1S/C21H19N3O4/c22-8-7-11-5-6-13-17(9-11)28-21(26)15(19(13)24)10-14-18(23)12-3-1-2-4-16(12)27-20(14)25/h1-6,9H,7-8,10,22-24H2. The number of para-hydroxylation sites is 1. The van der Waals surface area contributed by atoms with Crippen LogP contribution in [0.15, 0.2) is 60.9 Å². The molecular formula is C21H19N3O4. The summed E-state index contributed by atoms with van der Waals surface area (Å²) in [6.45, 7) is 0.486. The summed E-state index contributed by atoms with van der Waals surface area (Å²) in [6, 6.07) is 12.4. The summed E-state index contributed by atoms with van der Waals surface area (Å²) in [6.07, 6.45) is 0.587. The van der Waals surface area contributed by atoms with Crippen molar-refractivity contribution in [1.82, 2.24) is 0 Å². The van der Waals surface area contributed by atoms with Crippen LogP contribution in [-0.2, 0) is 12.8 Å². The van der Waals surface area contributed by atoms with E-state index in [-0.39, 0.29) is 28.9 Å². The number of anilines is 2. The van der Waals surface area contributed by atoms with Crippen LogP contribution in [-0.4, -0.2) is 6.54 Å². The Morgan fingerprint density at radius 1 is 0.786 bits per heavy atom. The molecule has 0 saturated heterocycles. The highest BCUT2D eigenvalue weighted by Crippen LogP contribution is 2.28. The second kappa shape index (κ2) is 6.86. The maximum Gasteiger partial charge on any atom is 0.341 e. The van der Waals surface area contributed by atoms with Gasteiger partial charge in [0.2, 0.25) is 0 Å². The van der Waals surface area contributed by atoms with E-state index in [1.54, 1.807) is 36.4 Å². The maximum absolute atomic E-state index is 12.6. The molecule has 0 amide bonds. The van der Waals surface area contributed by atoms with Gasteiger partial charge in [0.25, 0.3) is 0 Å². The van der Waals surface area contributed by atoms with E-state index >= 15 is 0 Å². The maximum atomic E-state index is 12.6. The molecule has 7 nitrogen and oxygen atoms in total. The fourth-order valence-corrected chi connectivity index (χ4v) is 3.35. The minimum atomic E-state index is -0.609. The molecule has 142 valence electrons. The Bertz CT molecular complexity index is 1320. The number of benzene rings is 2. The van der Waals surface area contributed by atoms with Crippen LogP contribution >= 0.6 is 0 Å². The number of nitrogens with two attached hydrogens (primary N) is 3. The van der Waals surface area contributed by atoms with Gasteiger partial charge in [0.1, 0.15) is 11.2 Å². The van der Waals surface area contributed by atoms with E-state index in [0.717, 1.165) is 5.56 Å². The third-order valence-electron chi connectivity index (χ3n) is 4.85. The van der Waals surface area contributed by atoms with E-state index in [0.29, 0.717) is 34.9 Å². The zero-order valence-corrected chi connectivity index (χ0v) is 15.0. The van der Waals surface area contributed by atoms with Gasteiger partial charge in [0, 0.05) is 17.2 Å². The van der Waals surface area contributed by atoms with Crippen LogP contribution < -0.4 is 28.5 Å². The highest BCUT2D eigenvalue weighted by atomic mass is 16.4. The van der Waals surface area contributed by atoms with Crippen molar-refractivity contribution < 1.29 is 8.83 Å². The molecule has 0 radical (unpaired) electrons. The van der Waals surface area contributed by atoms with Gasteiger partial charge in [0.05, 0.1) is 22.5 Å². The van der Waals surface area contributed by atoms with Crippen LogP contribution in [0.3, 0.4) is 0 Å². The van der Waals surface area contributed by atoms with Crippen LogP contribution in [0.4, 0.5) is 11.4 Å². The Labute approximate surface area is 159 Å². The Morgan fingerprint density at radius 2 is 1.39 bits per heavy atom. The van der Waals surface area contributed by atoms with E-state index in [4.69, 9.17) is 26.0 Å². The van der Waals surface area contributed by atoms with Crippen molar-refractivity contribution in [3.63, 3.8) is 0 Å². The molecule has 0 aliphatic carbocycles. The van der Waals surface area contributed by atoms with Gasteiger partial charge in [-0.25, -0.2) is 9.59 Å². The van der Waals surface area contributed by atoms with Crippen molar-refractivity contribution in [2.75, 3.05) is 18.0 Å². The summed E-state index contributed by atoms with van der Waals surface area (Å²) in [5.41, 5.74) is 19.4. The first-order chi connectivity index (χ1) is 13.5. The monoisotopic (exact) mass is 377 g/mol. The Hall–Kier alpha value is -3.58. The first kappa shape index (κ1) is 17.8. The summed E-state index contributed by atoms with van der Waals surface area (Å²) >= 11 is 0. The van der Waals surface area contributed by atoms with Crippen molar-refractivity contribution in [2.24, 2.45) is 5.73 Å². The molecule has 4 aromatic rings. The Balaban J connectivity index is 1.87. The molecule has 0 aliphatic rings. The van der Waals surface area contributed by atoms with Crippen molar-refractivity contribution >= 4 is 33.3 Å². The first-order valence-corrected chi connectivity index (χ1v) is 8.84. The van der Waals surface area contributed by atoms with Gasteiger partial charge in [-0.2, -0.15) is 0 Å². The van der Waals surface area contributed by atoms with Crippen LogP contribution in [0.2, 0.25) is 0 Å². The van der Waals surface area contributed by atoms with Gasteiger partial charge in [-0.3, -0.25) is 0 Å². The summed E-state index contributed by atoms with van der Waals surface area (Å²) in [4.78, 5) is 25.0. The third-order valence-corrected chi connectivity index (χ3v) is 4.85. The van der Waals surface area contributed by atoms with Gasteiger partial charge >= 0.3 is 11.3 Å². The lowest BCUT2D eigenvalue weighted by Crippen LogP contribution is -2.18. The summed E-state index contributed by atoms with van der Waals surface area (Å²) < 4.78 is 10.8.